The van der Waals surface area contributed by atoms with Crippen LogP contribution in [-0.2, 0) is 4.74 Å². The van der Waals surface area contributed by atoms with Gasteiger partial charge >= 0.3 is 6.09 Å². The lowest BCUT2D eigenvalue weighted by atomic mass is 10.1. The number of nitrogens with zero attached hydrogens (tertiary/aromatic N) is 2. The van der Waals surface area contributed by atoms with E-state index < -0.39 is 5.60 Å². The number of carbonyl (C=O) groups excluding carboxylic acids is 1. The summed E-state index contributed by atoms with van der Waals surface area (Å²) >= 11 is 0. The van der Waals surface area contributed by atoms with Gasteiger partial charge in [-0.2, -0.15) is 0 Å². The van der Waals surface area contributed by atoms with Crippen molar-refractivity contribution in [2.24, 2.45) is 0 Å². The Morgan fingerprint density at radius 1 is 1.10 bits per heavy atom. The minimum Gasteiger partial charge on any atom is -0.444 e. The Balaban J connectivity index is 1.87. The first-order valence-corrected chi connectivity index (χ1v) is 7.64. The van der Waals surface area contributed by atoms with Crippen molar-refractivity contribution in [2.45, 2.75) is 39.3 Å². The van der Waals surface area contributed by atoms with E-state index in [1.807, 2.05) is 26.8 Å². The molecule has 0 N–H and O–H groups in total. The van der Waals surface area contributed by atoms with Crippen LogP contribution in [0.25, 0.3) is 0 Å². The van der Waals surface area contributed by atoms with Gasteiger partial charge in [0.15, 0.2) is 0 Å². The van der Waals surface area contributed by atoms with Gasteiger partial charge in [-0.3, -0.25) is 4.90 Å². The number of carbonyl (C=O) groups is 1. The van der Waals surface area contributed by atoms with Gasteiger partial charge < -0.3 is 9.64 Å². The normalized spacial score (nSPS) is 18.4. The van der Waals surface area contributed by atoms with Crippen molar-refractivity contribution in [3.05, 3.63) is 35.9 Å². The van der Waals surface area contributed by atoms with Gasteiger partial charge in [-0.15, -0.1) is 0 Å². The average Bonchev–Trinajstić information content (AvgIpc) is 2.46. The first-order valence-electron chi connectivity index (χ1n) is 7.64. The Bertz CT molecular complexity index is 459. The van der Waals surface area contributed by atoms with E-state index in [0.717, 1.165) is 26.2 Å². The van der Waals surface area contributed by atoms with Gasteiger partial charge in [0.25, 0.3) is 0 Å². The maximum atomic E-state index is 12.0. The molecule has 4 heteroatoms. The molecule has 1 aromatic rings. The molecule has 0 saturated carbocycles. The van der Waals surface area contributed by atoms with Gasteiger partial charge in [0.2, 0.25) is 0 Å². The Hall–Kier alpha value is -1.55. The summed E-state index contributed by atoms with van der Waals surface area (Å²) in [5.74, 6) is 0. The first kappa shape index (κ1) is 15.8. The van der Waals surface area contributed by atoms with Gasteiger partial charge in [0.05, 0.1) is 0 Å². The highest BCUT2D eigenvalue weighted by Gasteiger charge is 2.27. The number of amides is 1. The smallest absolute Gasteiger partial charge is 0.410 e. The number of rotatable bonds is 2. The Kier molecular flexibility index (Phi) is 4.88. The average molecular weight is 290 g/mol. The van der Waals surface area contributed by atoms with Crippen LogP contribution < -0.4 is 0 Å². The zero-order chi connectivity index (χ0) is 15.5. The molecule has 1 aliphatic rings. The lowest BCUT2D eigenvalue weighted by Gasteiger charge is -2.38. The Labute approximate surface area is 127 Å². The second-order valence-corrected chi connectivity index (χ2v) is 6.59. The van der Waals surface area contributed by atoms with E-state index in [9.17, 15) is 4.79 Å². The standard InChI is InChI=1S/C17H26N2O2/c1-14(15-8-6-5-7-9-15)18-10-12-19(13-11-18)16(20)21-17(2,3)4/h5-9,14H,10-13H2,1-4H3/t14-/m1/s1. The van der Waals surface area contributed by atoms with Crippen LogP contribution >= 0.6 is 0 Å². The van der Waals surface area contributed by atoms with Crippen LogP contribution in [0.4, 0.5) is 4.79 Å². The highest BCUT2D eigenvalue weighted by atomic mass is 16.6. The summed E-state index contributed by atoms with van der Waals surface area (Å²) in [5, 5.41) is 0. The number of hydrogen-bond acceptors (Lipinski definition) is 3. The van der Waals surface area contributed by atoms with Crippen LogP contribution in [0.5, 0.6) is 0 Å². The molecule has 1 aromatic carbocycles. The topological polar surface area (TPSA) is 32.8 Å². The fraction of sp³-hybridized carbons (Fsp3) is 0.588. The fourth-order valence-corrected chi connectivity index (χ4v) is 2.56. The predicted molar refractivity (Wildman–Crippen MR) is 84.2 cm³/mol. The summed E-state index contributed by atoms with van der Waals surface area (Å²) < 4.78 is 5.43. The number of benzene rings is 1. The van der Waals surface area contributed by atoms with E-state index in [1.165, 1.54) is 5.56 Å². The molecule has 1 fully saturated rings. The third-order valence-electron chi connectivity index (χ3n) is 3.80. The van der Waals surface area contributed by atoms with Gasteiger partial charge in [-0.05, 0) is 33.3 Å². The third-order valence-corrected chi connectivity index (χ3v) is 3.80. The Morgan fingerprint density at radius 3 is 2.19 bits per heavy atom. The van der Waals surface area contributed by atoms with Crippen LogP contribution in [0.1, 0.15) is 39.3 Å². The maximum Gasteiger partial charge on any atom is 0.410 e. The molecular formula is C17H26N2O2. The van der Waals surface area contributed by atoms with Crippen molar-refractivity contribution >= 4 is 6.09 Å². The molecule has 4 nitrogen and oxygen atoms in total. The molecule has 0 aromatic heterocycles. The lowest BCUT2D eigenvalue weighted by Crippen LogP contribution is -2.50. The molecule has 1 saturated heterocycles. The van der Waals surface area contributed by atoms with Gasteiger partial charge in [-0.25, -0.2) is 4.79 Å². The van der Waals surface area contributed by atoms with Crippen LogP contribution in [-0.4, -0.2) is 47.7 Å². The third kappa shape index (κ3) is 4.46. The summed E-state index contributed by atoms with van der Waals surface area (Å²) in [5.41, 5.74) is 0.897. The molecule has 1 amide bonds. The predicted octanol–water partition coefficient (Wildman–Crippen LogP) is 3.30. The van der Waals surface area contributed by atoms with Crippen molar-refractivity contribution in [3.8, 4) is 0 Å². The Morgan fingerprint density at radius 2 is 1.67 bits per heavy atom. The van der Waals surface area contributed by atoms with E-state index in [-0.39, 0.29) is 6.09 Å². The molecule has 0 bridgehead atoms. The summed E-state index contributed by atoms with van der Waals surface area (Å²) in [7, 11) is 0. The molecule has 21 heavy (non-hydrogen) atoms. The van der Waals surface area contributed by atoms with Crippen LogP contribution in [0.15, 0.2) is 30.3 Å². The summed E-state index contributed by atoms with van der Waals surface area (Å²) in [4.78, 5) is 16.3. The first-order chi connectivity index (χ1) is 9.87. The zero-order valence-electron chi connectivity index (χ0n) is 13.5. The maximum absolute atomic E-state index is 12.0. The van der Waals surface area contributed by atoms with E-state index in [2.05, 4.69) is 36.1 Å². The largest absolute Gasteiger partial charge is 0.444 e. The molecular weight excluding hydrogens is 264 g/mol. The SMILES string of the molecule is C[C@H](c1ccccc1)N1CCN(C(=O)OC(C)(C)C)CC1. The van der Waals surface area contributed by atoms with E-state index in [1.54, 1.807) is 4.90 Å². The molecule has 1 aliphatic heterocycles. The monoisotopic (exact) mass is 290 g/mol. The van der Waals surface area contributed by atoms with E-state index >= 15 is 0 Å². The molecule has 0 spiro atoms. The van der Waals surface area contributed by atoms with Crippen LogP contribution in [0, 0.1) is 0 Å². The highest BCUT2D eigenvalue weighted by molar-refractivity contribution is 5.68. The zero-order valence-corrected chi connectivity index (χ0v) is 13.5. The second kappa shape index (κ2) is 6.48. The minimum absolute atomic E-state index is 0.200. The van der Waals surface area contributed by atoms with Gasteiger partial charge in [0.1, 0.15) is 5.60 Å². The van der Waals surface area contributed by atoms with Crippen molar-refractivity contribution < 1.29 is 9.53 Å². The van der Waals surface area contributed by atoms with Crippen LogP contribution in [0.2, 0.25) is 0 Å². The van der Waals surface area contributed by atoms with E-state index in [4.69, 9.17) is 4.74 Å². The lowest BCUT2D eigenvalue weighted by molar-refractivity contribution is 0.0110. The van der Waals surface area contributed by atoms with Crippen molar-refractivity contribution in [3.63, 3.8) is 0 Å². The van der Waals surface area contributed by atoms with Gasteiger partial charge in [0, 0.05) is 32.2 Å². The molecule has 0 aliphatic carbocycles. The quantitative estimate of drug-likeness (QED) is 0.838. The molecule has 1 atom stereocenters. The summed E-state index contributed by atoms with van der Waals surface area (Å²) in [6, 6.07) is 10.9. The number of piperazine rings is 1. The van der Waals surface area contributed by atoms with Crippen molar-refractivity contribution in [2.75, 3.05) is 26.2 Å². The molecule has 0 unspecified atom stereocenters. The second-order valence-electron chi connectivity index (χ2n) is 6.59. The van der Waals surface area contributed by atoms with Crippen molar-refractivity contribution in [1.82, 2.24) is 9.80 Å². The summed E-state index contributed by atoms with van der Waals surface area (Å²) in [6.07, 6.45) is -0.200. The van der Waals surface area contributed by atoms with E-state index in [0.29, 0.717) is 6.04 Å². The minimum atomic E-state index is -0.425. The van der Waals surface area contributed by atoms with Gasteiger partial charge in [-0.1, -0.05) is 30.3 Å². The van der Waals surface area contributed by atoms with Crippen LogP contribution in [0.3, 0.4) is 0 Å². The van der Waals surface area contributed by atoms with Crippen molar-refractivity contribution in [1.29, 1.82) is 0 Å². The highest BCUT2D eigenvalue weighted by Crippen LogP contribution is 2.21. The molecule has 0 radical (unpaired) electrons. The molecule has 116 valence electrons. The number of hydrogen-bond donors (Lipinski definition) is 0. The summed E-state index contributed by atoms with van der Waals surface area (Å²) in [6.45, 7) is 11.1. The molecule has 2 rings (SSSR count). The number of ether oxygens (including phenoxy) is 1. The molecule has 1 heterocycles. The fourth-order valence-electron chi connectivity index (χ4n) is 2.56.